The molecule has 1 amide bonds. The van der Waals surface area contributed by atoms with Crippen LogP contribution in [0.25, 0.3) is 0 Å². The molecule has 0 saturated carbocycles. The second-order valence-electron chi connectivity index (χ2n) is 4.45. The summed E-state index contributed by atoms with van der Waals surface area (Å²) in [6.07, 6.45) is 0.146. The lowest BCUT2D eigenvalue weighted by molar-refractivity contribution is -0.115. The van der Waals surface area contributed by atoms with Gasteiger partial charge in [0.25, 0.3) is 0 Å². The summed E-state index contributed by atoms with van der Waals surface area (Å²) in [7, 11) is 0. The topological polar surface area (TPSA) is 44.9 Å². The molecule has 5 heteroatoms. The van der Waals surface area contributed by atoms with Crippen LogP contribution >= 0.6 is 0 Å². The van der Waals surface area contributed by atoms with E-state index < -0.39 is 11.6 Å². The van der Waals surface area contributed by atoms with Gasteiger partial charge in [-0.25, -0.2) is 8.78 Å². The molecule has 0 atom stereocenters. The van der Waals surface area contributed by atoms with Crippen LogP contribution in [0.1, 0.15) is 17.0 Å². The molecule has 0 aliphatic rings. The van der Waals surface area contributed by atoms with Gasteiger partial charge in [0.15, 0.2) is 0 Å². The number of H-pyrrole nitrogens is 1. The van der Waals surface area contributed by atoms with E-state index in [2.05, 4.69) is 10.3 Å². The molecular formula is C14H14F2N2O. The fourth-order valence-electron chi connectivity index (χ4n) is 1.92. The smallest absolute Gasteiger partial charge is 0.228 e. The molecular weight excluding hydrogens is 250 g/mol. The number of aryl methyl sites for hydroxylation is 2. The zero-order valence-electron chi connectivity index (χ0n) is 10.7. The van der Waals surface area contributed by atoms with Crippen molar-refractivity contribution in [3.8, 4) is 0 Å². The van der Waals surface area contributed by atoms with Crippen molar-refractivity contribution < 1.29 is 13.6 Å². The van der Waals surface area contributed by atoms with Crippen molar-refractivity contribution in [3.05, 3.63) is 52.9 Å². The van der Waals surface area contributed by atoms with E-state index in [1.165, 1.54) is 6.07 Å². The number of rotatable bonds is 3. The van der Waals surface area contributed by atoms with Gasteiger partial charge in [0.05, 0.1) is 12.1 Å². The Morgan fingerprint density at radius 3 is 2.58 bits per heavy atom. The van der Waals surface area contributed by atoms with E-state index >= 15 is 0 Å². The molecule has 0 aliphatic heterocycles. The molecule has 0 unspecified atom stereocenters. The first-order valence-electron chi connectivity index (χ1n) is 5.85. The van der Waals surface area contributed by atoms with Crippen LogP contribution in [0, 0.1) is 25.5 Å². The van der Waals surface area contributed by atoms with Crippen molar-refractivity contribution in [3.63, 3.8) is 0 Å². The molecule has 0 radical (unpaired) electrons. The summed E-state index contributed by atoms with van der Waals surface area (Å²) in [6.45, 7) is 3.77. The van der Waals surface area contributed by atoms with Crippen LogP contribution in [-0.2, 0) is 11.2 Å². The van der Waals surface area contributed by atoms with Crippen molar-refractivity contribution in [2.24, 2.45) is 0 Å². The van der Waals surface area contributed by atoms with Crippen LogP contribution in [0.2, 0.25) is 0 Å². The Kier molecular flexibility index (Phi) is 3.64. The maximum absolute atomic E-state index is 13.4. The molecule has 3 nitrogen and oxygen atoms in total. The summed E-state index contributed by atoms with van der Waals surface area (Å²) in [5.74, 6) is -1.80. The number of carbonyl (C=O) groups excluding carboxylic acids is 1. The molecule has 2 aromatic rings. The number of anilines is 1. The molecule has 1 heterocycles. The lowest BCUT2D eigenvalue weighted by Crippen LogP contribution is -2.15. The Hall–Kier alpha value is -2.17. The van der Waals surface area contributed by atoms with Gasteiger partial charge in [-0.1, -0.05) is 0 Å². The monoisotopic (exact) mass is 264 g/mol. The quantitative estimate of drug-likeness (QED) is 0.879. The van der Waals surface area contributed by atoms with Crippen molar-refractivity contribution >= 4 is 11.6 Å². The summed E-state index contributed by atoms with van der Waals surface area (Å²) >= 11 is 0. The van der Waals surface area contributed by atoms with Crippen LogP contribution in [0.4, 0.5) is 14.5 Å². The zero-order chi connectivity index (χ0) is 14.0. The number of aromatic amines is 1. The average molecular weight is 264 g/mol. The predicted molar refractivity (Wildman–Crippen MR) is 69.0 cm³/mol. The first kappa shape index (κ1) is 13.3. The van der Waals surface area contributed by atoms with Crippen molar-refractivity contribution in [1.29, 1.82) is 0 Å². The van der Waals surface area contributed by atoms with Crippen LogP contribution in [0.15, 0.2) is 24.3 Å². The zero-order valence-corrected chi connectivity index (χ0v) is 10.7. The Balaban J connectivity index is 2.07. The number of carbonyl (C=O) groups is 1. The van der Waals surface area contributed by atoms with Gasteiger partial charge in [0.1, 0.15) is 11.6 Å². The molecule has 0 bridgehead atoms. The van der Waals surface area contributed by atoms with Gasteiger partial charge in [-0.3, -0.25) is 4.79 Å². The predicted octanol–water partition coefficient (Wildman–Crippen LogP) is 3.09. The van der Waals surface area contributed by atoms with Crippen LogP contribution in [0.5, 0.6) is 0 Å². The number of benzene rings is 1. The normalized spacial score (nSPS) is 10.5. The Bertz CT molecular complexity index is 620. The standard InChI is InChI=1S/C14H14F2N2O/c1-8-5-10(9(2)17-8)6-14(19)18-13-4-3-11(15)7-12(13)16/h3-5,7,17H,6H2,1-2H3,(H,18,19). The van der Waals surface area contributed by atoms with E-state index in [4.69, 9.17) is 0 Å². The lowest BCUT2D eigenvalue weighted by atomic mass is 10.1. The van der Waals surface area contributed by atoms with Crippen molar-refractivity contribution in [1.82, 2.24) is 4.98 Å². The lowest BCUT2D eigenvalue weighted by Gasteiger charge is -2.06. The highest BCUT2D eigenvalue weighted by atomic mass is 19.1. The third kappa shape index (κ3) is 3.19. The first-order valence-corrected chi connectivity index (χ1v) is 5.85. The molecule has 2 rings (SSSR count). The molecule has 1 aromatic carbocycles. The maximum atomic E-state index is 13.4. The molecule has 0 spiro atoms. The third-order valence-electron chi connectivity index (χ3n) is 2.81. The van der Waals surface area contributed by atoms with E-state index in [-0.39, 0.29) is 18.0 Å². The number of amides is 1. The van der Waals surface area contributed by atoms with Gasteiger partial charge in [-0.05, 0) is 37.6 Å². The summed E-state index contributed by atoms with van der Waals surface area (Å²) in [5, 5.41) is 2.43. The van der Waals surface area contributed by atoms with E-state index in [9.17, 15) is 13.6 Å². The summed E-state index contributed by atoms with van der Waals surface area (Å²) in [4.78, 5) is 14.9. The summed E-state index contributed by atoms with van der Waals surface area (Å²) in [6, 6.07) is 4.92. The van der Waals surface area contributed by atoms with Gasteiger partial charge in [0, 0.05) is 17.5 Å². The average Bonchev–Trinajstić information content (AvgIpc) is 2.61. The Morgan fingerprint density at radius 1 is 1.26 bits per heavy atom. The second kappa shape index (κ2) is 5.22. The molecule has 0 fully saturated rings. The van der Waals surface area contributed by atoms with Crippen molar-refractivity contribution in [2.75, 3.05) is 5.32 Å². The number of hydrogen-bond acceptors (Lipinski definition) is 1. The fraction of sp³-hybridized carbons (Fsp3) is 0.214. The molecule has 0 saturated heterocycles. The van der Waals surface area contributed by atoms with Gasteiger partial charge in [0.2, 0.25) is 5.91 Å². The summed E-state index contributed by atoms with van der Waals surface area (Å²) < 4.78 is 26.1. The molecule has 100 valence electrons. The van der Waals surface area contributed by atoms with Crippen LogP contribution in [-0.4, -0.2) is 10.9 Å². The van der Waals surface area contributed by atoms with Crippen LogP contribution < -0.4 is 5.32 Å². The van der Waals surface area contributed by atoms with E-state index in [0.717, 1.165) is 29.1 Å². The molecule has 1 aromatic heterocycles. The molecule has 2 N–H and O–H groups in total. The van der Waals surface area contributed by atoms with Crippen LogP contribution in [0.3, 0.4) is 0 Å². The highest BCUT2D eigenvalue weighted by Gasteiger charge is 2.11. The molecule has 0 aliphatic carbocycles. The SMILES string of the molecule is Cc1cc(CC(=O)Nc2ccc(F)cc2F)c(C)[nH]1. The Morgan fingerprint density at radius 2 is 2.00 bits per heavy atom. The minimum absolute atomic E-state index is 0.0173. The van der Waals surface area contributed by atoms with E-state index in [0.29, 0.717) is 0 Å². The largest absolute Gasteiger partial charge is 0.362 e. The highest BCUT2D eigenvalue weighted by molar-refractivity contribution is 5.92. The minimum Gasteiger partial charge on any atom is -0.362 e. The third-order valence-corrected chi connectivity index (χ3v) is 2.81. The van der Waals surface area contributed by atoms with Gasteiger partial charge in [-0.15, -0.1) is 0 Å². The number of hydrogen-bond donors (Lipinski definition) is 2. The first-order chi connectivity index (χ1) is 8.95. The van der Waals surface area contributed by atoms with Gasteiger partial charge >= 0.3 is 0 Å². The number of nitrogens with one attached hydrogen (secondary N) is 2. The van der Waals surface area contributed by atoms with Gasteiger partial charge < -0.3 is 10.3 Å². The second-order valence-corrected chi connectivity index (χ2v) is 4.45. The Labute approximate surface area is 109 Å². The minimum atomic E-state index is -0.782. The van der Waals surface area contributed by atoms with Crippen molar-refractivity contribution in [2.45, 2.75) is 20.3 Å². The van der Waals surface area contributed by atoms with E-state index in [1.54, 1.807) is 0 Å². The summed E-state index contributed by atoms with van der Waals surface area (Å²) in [5.41, 5.74) is 2.72. The highest BCUT2D eigenvalue weighted by Crippen LogP contribution is 2.16. The van der Waals surface area contributed by atoms with E-state index in [1.807, 2.05) is 19.9 Å². The fourth-order valence-corrected chi connectivity index (χ4v) is 1.92. The number of halogens is 2. The maximum Gasteiger partial charge on any atom is 0.228 e. The number of aromatic nitrogens is 1. The van der Waals surface area contributed by atoms with Gasteiger partial charge in [-0.2, -0.15) is 0 Å². The molecule has 19 heavy (non-hydrogen) atoms.